The lowest BCUT2D eigenvalue weighted by atomic mass is 9.98. The highest BCUT2D eigenvalue weighted by Gasteiger charge is 2.28. The fourth-order valence-corrected chi connectivity index (χ4v) is 4.83. The number of anilines is 2. The number of hydrogen-bond donors (Lipinski definition) is 2. The Bertz CT molecular complexity index is 940. The van der Waals surface area contributed by atoms with Crippen LogP contribution in [0.2, 0.25) is 0 Å². The first-order valence-corrected chi connectivity index (χ1v) is 10.8. The minimum absolute atomic E-state index is 0.0994. The number of aryl methyl sites for hydroxylation is 1. The molecule has 3 rings (SSSR count). The zero-order valence-corrected chi connectivity index (χ0v) is 16.5. The molecule has 1 amide bonds. The molecule has 27 heavy (non-hydrogen) atoms. The highest BCUT2D eigenvalue weighted by Crippen LogP contribution is 2.27. The topological polar surface area (TPSA) is 101 Å². The second-order valence-electron chi connectivity index (χ2n) is 7.18. The molecule has 0 radical (unpaired) electrons. The number of sulfone groups is 1. The van der Waals surface area contributed by atoms with Crippen molar-refractivity contribution in [2.45, 2.75) is 39.2 Å². The molecule has 1 saturated heterocycles. The van der Waals surface area contributed by atoms with E-state index in [9.17, 15) is 13.2 Å². The van der Waals surface area contributed by atoms with E-state index in [1.54, 1.807) is 0 Å². The van der Waals surface area contributed by atoms with Crippen LogP contribution in [-0.2, 0) is 9.84 Å². The molecular formula is C19H24N4O3S. The third-order valence-corrected chi connectivity index (χ3v) is 6.40. The van der Waals surface area contributed by atoms with Crippen LogP contribution in [0.25, 0.3) is 0 Å². The fourth-order valence-electron chi connectivity index (χ4n) is 3.16. The summed E-state index contributed by atoms with van der Waals surface area (Å²) >= 11 is 0. The summed E-state index contributed by atoms with van der Waals surface area (Å²) in [5.41, 5.74) is 3.07. The molecule has 1 unspecified atom stereocenters. The van der Waals surface area contributed by atoms with Crippen molar-refractivity contribution < 1.29 is 13.2 Å². The average Bonchev–Trinajstić information content (AvgIpc) is 2.95. The normalized spacial score (nSPS) is 18.4. The summed E-state index contributed by atoms with van der Waals surface area (Å²) in [5.74, 6) is 0.705. The van der Waals surface area contributed by atoms with Gasteiger partial charge in [0.15, 0.2) is 9.84 Å². The van der Waals surface area contributed by atoms with Crippen molar-refractivity contribution in [1.82, 2.24) is 9.97 Å². The van der Waals surface area contributed by atoms with Crippen LogP contribution in [0.1, 0.15) is 47.8 Å². The van der Waals surface area contributed by atoms with Crippen LogP contribution >= 0.6 is 0 Å². The molecular weight excluding hydrogens is 364 g/mol. The minimum Gasteiger partial charge on any atom is -0.365 e. The van der Waals surface area contributed by atoms with Crippen LogP contribution in [0, 0.1) is 6.92 Å². The third-order valence-electron chi connectivity index (χ3n) is 4.63. The Hall–Kier alpha value is -2.48. The summed E-state index contributed by atoms with van der Waals surface area (Å²) in [6, 6.07) is 5.77. The molecule has 2 N–H and O–H groups in total. The van der Waals surface area contributed by atoms with Crippen LogP contribution < -0.4 is 10.6 Å². The molecule has 1 aromatic carbocycles. The number of nitrogens with zero attached hydrogens (tertiary/aromatic N) is 2. The Labute approximate surface area is 159 Å². The van der Waals surface area contributed by atoms with Crippen LogP contribution in [0.15, 0.2) is 30.6 Å². The van der Waals surface area contributed by atoms with Crippen molar-refractivity contribution in [2.75, 3.05) is 22.1 Å². The van der Waals surface area contributed by atoms with Crippen molar-refractivity contribution in [3.8, 4) is 0 Å². The van der Waals surface area contributed by atoms with E-state index in [0.29, 0.717) is 12.2 Å². The largest absolute Gasteiger partial charge is 0.365 e. The Morgan fingerprint density at radius 3 is 2.59 bits per heavy atom. The van der Waals surface area contributed by atoms with Gasteiger partial charge in [0, 0.05) is 11.7 Å². The Kier molecular flexibility index (Phi) is 5.46. The van der Waals surface area contributed by atoms with Gasteiger partial charge in [-0.25, -0.2) is 18.4 Å². The second-order valence-corrected chi connectivity index (χ2v) is 9.41. The molecule has 1 aromatic heterocycles. The van der Waals surface area contributed by atoms with Gasteiger partial charge in [-0.2, -0.15) is 0 Å². The summed E-state index contributed by atoms with van der Waals surface area (Å²) in [5, 5.41) is 6.00. The molecule has 0 bridgehead atoms. The van der Waals surface area contributed by atoms with Gasteiger partial charge in [-0.3, -0.25) is 4.79 Å². The van der Waals surface area contributed by atoms with Crippen molar-refractivity contribution in [2.24, 2.45) is 0 Å². The van der Waals surface area contributed by atoms with E-state index >= 15 is 0 Å². The SMILES string of the molecule is Cc1cccc(C(C)C)c1NC(=O)c1cnc(NC2CCS(=O)(=O)C2)cn1. The first kappa shape index (κ1) is 19.3. The molecule has 0 saturated carbocycles. The van der Waals surface area contributed by atoms with Gasteiger partial charge in [-0.15, -0.1) is 0 Å². The maximum Gasteiger partial charge on any atom is 0.275 e. The molecule has 1 atom stereocenters. The van der Waals surface area contributed by atoms with Crippen molar-refractivity contribution >= 4 is 27.2 Å². The van der Waals surface area contributed by atoms with Gasteiger partial charge in [0.1, 0.15) is 11.5 Å². The van der Waals surface area contributed by atoms with Gasteiger partial charge in [0.25, 0.3) is 5.91 Å². The maximum absolute atomic E-state index is 12.6. The molecule has 0 spiro atoms. The highest BCUT2D eigenvalue weighted by molar-refractivity contribution is 7.91. The van der Waals surface area contributed by atoms with E-state index < -0.39 is 9.84 Å². The first-order valence-electron chi connectivity index (χ1n) is 8.95. The van der Waals surface area contributed by atoms with E-state index in [-0.39, 0.29) is 35.1 Å². The monoisotopic (exact) mass is 388 g/mol. The minimum atomic E-state index is -2.96. The first-order chi connectivity index (χ1) is 12.7. The predicted molar refractivity (Wildman–Crippen MR) is 106 cm³/mol. The van der Waals surface area contributed by atoms with E-state index in [4.69, 9.17) is 0 Å². The third kappa shape index (κ3) is 4.63. The summed E-state index contributed by atoms with van der Waals surface area (Å²) in [4.78, 5) is 20.9. The Morgan fingerprint density at radius 1 is 1.22 bits per heavy atom. The molecule has 8 heteroatoms. The Morgan fingerprint density at radius 2 is 2.00 bits per heavy atom. The predicted octanol–water partition coefficient (Wildman–Crippen LogP) is 2.76. The smallest absolute Gasteiger partial charge is 0.275 e. The van der Waals surface area contributed by atoms with Crippen molar-refractivity contribution in [1.29, 1.82) is 0 Å². The van der Waals surface area contributed by atoms with Crippen LogP contribution in [0.3, 0.4) is 0 Å². The Balaban J connectivity index is 1.70. The number of aromatic nitrogens is 2. The van der Waals surface area contributed by atoms with Gasteiger partial charge in [-0.05, 0) is 30.4 Å². The van der Waals surface area contributed by atoms with Crippen LogP contribution in [-0.4, -0.2) is 41.8 Å². The summed E-state index contributed by atoms with van der Waals surface area (Å²) in [6.07, 6.45) is 3.41. The molecule has 2 aromatic rings. The summed E-state index contributed by atoms with van der Waals surface area (Å²) in [7, 11) is -2.96. The summed E-state index contributed by atoms with van der Waals surface area (Å²) < 4.78 is 23.0. The van der Waals surface area contributed by atoms with Crippen molar-refractivity contribution in [3.63, 3.8) is 0 Å². The van der Waals surface area contributed by atoms with E-state index in [1.165, 1.54) is 12.4 Å². The van der Waals surface area contributed by atoms with E-state index in [2.05, 4.69) is 34.4 Å². The number of para-hydroxylation sites is 1. The quantitative estimate of drug-likeness (QED) is 0.817. The standard InChI is InChI=1S/C19H24N4O3S/c1-12(2)15-6-4-5-13(3)18(15)23-19(24)16-9-21-17(10-20-16)22-14-7-8-27(25,26)11-14/h4-6,9-10,12,14H,7-8,11H2,1-3H3,(H,21,22)(H,23,24). The van der Waals surface area contributed by atoms with Crippen LogP contribution in [0.4, 0.5) is 11.5 Å². The number of carbonyl (C=O) groups excluding carboxylic acids is 1. The highest BCUT2D eigenvalue weighted by atomic mass is 32.2. The number of hydrogen-bond acceptors (Lipinski definition) is 6. The lowest BCUT2D eigenvalue weighted by Crippen LogP contribution is -2.22. The van der Waals surface area contributed by atoms with Crippen molar-refractivity contribution in [3.05, 3.63) is 47.4 Å². The van der Waals surface area contributed by atoms with Gasteiger partial charge in [-0.1, -0.05) is 32.0 Å². The molecule has 1 fully saturated rings. The number of rotatable bonds is 5. The van der Waals surface area contributed by atoms with Gasteiger partial charge >= 0.3 is 0 Å². The molecule has 144 valence electrons. The fraction of sp³-hybridized carbons (Fsp3) is 0.421. The zero-order chi connectivity index (χ0) is 19.6. The molecule has 7 nitrogen and oxygen atoms in total. The van der Waals surface area contributed by atoms with Gasteiger partial charge in [0.05, 0.1) is 23.9 Å². The molecule has 2 heterocycles. The molecule has 1 aliphatic heterocycles. The summed E-state index contributed by atoms with van der Waals surface area (Å²) in [6.45, 7) is 6.11. The number of benzene rings is 1. The van der Waals surface area contributed by atoms with E-state index in [1.807, 2.05) is 25.1 Å². The molecule has 1 aliphatic rings. The van der Waals surface area contributed by atoms with E-state index in [0.717, 1.165) is 16.8 Å². The lowest BCUT2D eigenvalue weighted by molar-refractivity contribution is 0.102. The number of nitrogens with one attached hydrogen (secondary N) is 2. The number of carbonyl (C=O) groups is 1. The van der Waals surface area contributed by atoms with Crippen LogP contribution in [0.5, 0.6) is 0 Å². The van der Waals surface area contributed by atoms with Gasteiger partial charge < -0.3 is 10.6 Å². The lowest BCUT2D eigenvalue weighted by Gasteiger charge is -2.16. The number of amides is 1. The zero-order valence-electron chi connectivity index (χ0n) is 15.7. The second kappa shape index (κ2) is 7.64. The molecule has 0 aliphatic carbocycles. The average molecular weight is 388 g/mol. The maximum atomic E-state index is 12.6. The van der Waals surface area contributed by atoms with Gasteiger partial charge in [0.2, 0.25) is 0 Å².